The van der Waals surface area contributed by atoms with Crippen LogP contribution in [0.1, 0.15) is 5.56 Å². The minimum Gasteiger partial charge on any atom is -0.492 e. The van der Waals surface area contributed by atoms with Crippen LogP contribution >= 0.6 is 0 Å². The number of alkyl halides is 3. The van der Waals surface area contributed by atoms with Crippen molar-refractivity contribution in [3.63, 3.8) is 0 Å². The van der Waals surface area contributed by atoms with Crippen molar-refractivity contribution in [3.8, 4) is 5.75 Å². The Bertz CT molecular complexity index is 377. The second kappa shape index (κ2) is 5.27. The number of benzene rings is 1. The highest BCUT2D eigenvalue weighted by Crippen LogP contribution is 2.35. The number of ether oxygens (including phenoxy) is 1. The fraction of sp³-hybridized carbons (Fsp3) is 0.455. The van der Waals surface area contributed by atoms with Gasteiger partial charge in [-0.25, -0.2) is 0 Å². The molecule has 0 aliphatic heterocycles. The Hall–Kier alpha value is -1.43. The number of likely N-dealkylation sites (N-methyl/N-ethyl adjacent to an activating group) is 1. The molecular formula is C11H15F3N2O. The van der Waals surface area contributed by atoms with Crippen molar-refractivity contribution >= 4 is 5.69 Å². The Kier molecular flexibility index (Phi) is 4.22. The molecule has 1 aromatic carbocycles. The highest BCUT2D eigenvalue weighted by molar-refractivity contribution is 5.51. The lowest BCUT2D eigenvalue weighted by molar-refractivity contribution is -0.137. The topological polar surface area (TPSA) is 38.5 Å². The first-order valence-corrected chi connectivity index (χ1v) is 5.05. The van der Waals surface area contributed by atoms with E-state index in [0.29, 0.717) is 13.2 Å². The molecule has 0 fully saturated rings. The van der Waals surface area contributed by atoms with Gasteiger partial charge in [-0.3, -0.25) is 0 Å². The van der Waals surface area contributed by atoms with E-state index in [1.54, 1.807) is 0 Å². The molecule has 0 aliphatic rings. The van der Waals surface area contributed by atoms with E-state index < -0.39 is 11.7 Å². The molecule has 0 atom stereocenters. The van der Waals surface area contributed by atoms with Crippen LogP contribution in [0, 0.1) is 0 Å². The second-order valence-electron chi connectivity index (χ2n) is 3.90. The molecule has 0 radical (unpaired) electrons. The minimum atomic E-state index is -4.45. The van der Waals surface area contributed by atoms with Gasteiger partial charge in [-0.15, -0.1) is 0 Å². The Labute approximate surface area is 98.0 Å². The van der Waals surface area contributed by atoms with Crippen molar-refractivity contribution in [2.75, 3.05) is 33.0 Å². The lowest BCUT2D eigenvalue weighted by Crippen LogP contribution is -2.19. The van der Waals surface area contributed by atoms with Gasteiger partial charge in [0.2, 0.25) is 0 Å². The van der Waals surface area contributed by atoms with Gasteiger partial charge in [-0.2, -0.15) is 13.2 Å². The van der Waals surface area contributed by atoms with Crippen LogP contribution in [0.3, 0.4) is 0 Å². The molecule has 0 unspecified atom stereocenters. The molecule has 17 heavy (non-hydrogen) atoms. The molecule has 2 N–H and O–H groups in total. The minimum absolute atomic E-state index is 0.174. The molecule has 0 bridgehead atoms. The monoisotopic (exact) mass is 248 g/mol. The highest BCUT2D eigenvalue weighted by atomic mass is 19.4. The Morgan fingerprint density at radius 1 is 1.29 bits per heavy atom. The molecule has 0 saturated heterocycles. The van der Waals surface area contributed by atoms with Crippen molar-refractivity contribution in [1.82, 2.24) is 4.90 Å². The average Bonchev–Trinajstić information content (AvgIpc) is 2.18. The van der Waals surface area contributed by atoms with Crippen LogP contribution in [0.4, 0.5) is 18.9 Å². The summed E-state index contributed by atoms with van der Waals surface area (Å²) in [6.07, 6.45) is -4.45. The second-order valence-corrected chi connectivity index (χ2v) is 3.90. The van der Waals surface area contributed by atoms with Gasteiger partial charge >= 0.3 is 6.18 Å². The molecule has 1 rings (SSSR count). The van der Waals surface area contributed by atoms with E-state index in [1.165, 1.54) is 12.1 Å². The molecule has 0 spiro atoms. The van der Waals surface area contributed by atoms with E-state index >= 15 is 0 Å². The zero-order valence-electron chi connectivity index (χ0n) is 9.71. The highest BCUT2D eigenvalue weighted by Gasteiger charge is 2.33. The number of nitrogen functional groups attached to an aromatic ring is 1. The van der Waals surface area contributed by atoms with E-state index in [0.717, 1.165) is 6.07 Å². The zero-order valence-corrected chi connectivity index (χ0v) is 9.71. The summed E-state index contributed by atoms with van der Waals surface area (Å²) in [5.41, 5.74) is 4.11. The number of nitrogens with two attached hydrogens (primary N) is 1. The molecule has 96 valence electrons. The average molecular weight is 248 g/mol. The molecule has 0 heterocycles. The van der Waals surface area contributed by atoms with Crippen molar-refractivity contribution in [2.24, 2.45) is 0 Å². The standard InChI is InChI=1S/C11H15F3N2O/c1-16(2)5-6-17-8-3-4-10(15)9(7-8)11(12,13)14/h3-4,7H,5-6,15H2,1-2H3. The van der Waals surface area contributed by atoms with Crippen LogP contribution in [0.2, 0.25) is 0 Å². The normalized spacial score (nSPS) is 11.9. The summed E-state index contributed by atoms with van der Waals surface area (Å²) in [5.74, 6) is 0.174. The van der Waals surface area contributed by atoms with Crippen LogP contribution in [0.25, 0.3) is 0 Å². The maximum Gasteiger partial charge on any atom is 0.418 e. The van der Waals surface area contributed by atoms with Crippen LogP contribution in [-0.2, 0) is 6.18 Å². The Morgan fingerprint density at radius 2 is 1.94 bits per heavy atom. The number of hydrogen-bond donors (Lipinski definition) is 1. The summed E-state index contributed by atoms with van der Waals surface area (Å²) in [6.45, 7) is 0.958. The molecule has 6 heteroatoms. The van der Waals surface area contributed by atoms with Gasteiger partial charge in [0.25, 0.3) is 0 Å². The first-order chi connectivity index (χ1) is 7.80. The van der Waals surface area contributed by atoms with Gasteiger partial charge in [0, 0.05) is 12.2 Å². The van der Waals surface area contributed by atoms with Gasteiger partial charge in [0.15, 0.2) is 0 Å². The predicted molar refractivity (Wildman–Crippen MR) is 59.9 cm³/mol. The molecule has 1 aromatic rings. The third-order valence-electron chi connectivity index (χ3n) is 2.14. The predicted octanol–water partition coefficient (Wildman–Crippen LogP) is 2.23. The number of anilines is 1. The van der Waals surface area contributed by atoms with Crippen LogP contribution in [-0.4, -0.2) is 32.1 Å². The van der Waals surface area contributed by atoms with Gasteiger partial charge < -0.3 is 15.4 Å². The van der Waals surface area contributed by atoms with Gasteiger partial charge in [0.05, 0.1) is 5.56 Å². The van der Waals surface area contributed by atoms with Gasteiger partial charge in [-0.05, 0) is 32.3 Å². The maximum atomic E-state index is 12.5. The van der Waals surface area contributed by atoms with Crippen LogP contribution in [0.5, 0.6) is 5.75 Å². The van der Waals surface area contributed by atoms with E-state index in [1.807, 2.05) is 19.0 Å². The fourth-order valence-electron chi connectivity index (χ4n) is 1.22. The van der Waals surface area contributed by atoms with Crippen molar-refractivity contribution in [1.29, 1.82) is 0 Å². The third kappa shape index (κ3) is 4.14. The van der Waals surface area contributed by atoms with Crippen molar-refractivity contribution < 1.29 is 17.9 Å². The molecule has 0 aromatic heterocycles. The lowest BCUT2D eigenvalue weighted by atomic mass is 10.1. The Morgan fingerprint density at radius 3 is 2.47 bits per heavy atom. The van der Waals surface area contributed by atoms with Crippen LogP contribution in [0.15, 0.2) is 18.2 Å². The summed E-state index contributed by atoms with van der Waals surface area (Å²) in [5, 5.41) is 0. The first-order valence-electron chi connectivity index (χ1n) is 5.05. The molecule has 0 saturated carbocycles. The molecule has 3 nitrogen and oxygen atoms in total. The summed E-state index contributed by atoms with van der Waals surface area (Å²) in [7, 11) is 3.71. The molecular weight excluding hydrogens is 233 g/mol. The van der Waals surface area contributed by atoms with Crippen LogP contribution < -0.4 is 10.5 Å². The largest absolute Gasteiger partial charge is 0.492 e. The number of nitrogens with zero attached hydrogens (tertiary/aromatic N) is 1. The van der Waals surface area contributed by atoms with E-state index in [-0.39, 0.29) is 11.4 Å². The van der Waals surface area contributed by atoms with Gasteiger partial charge in [-0.1, -0.05) is 0 Å². The maximum absolute atomic E-state index is 12.5. The van der Waals surface area contributed by atoms with Crippen molar-refractivity contribution in [3.05, 3.63) is 23.8 Å². The Balaban J connectivity index is 2.76. The zero-order chi connectivity index (χ0) is 13.1. The summed E-state index contributed by atoms with van der Waals surface area (Å²) >= 11 is 0. The van der Waals surface area contributed by atoms with E-state index in [4.69, 9.17) is 10.5 Å². The number of rotatable bonds is 4. The summed E-state index contributed by atoms with van der Waals surface area (Å²) < 4.78 is 42.8. The SMILES string of the molecule is CN(C)CCOc1ccc(N)c(C(F)(F)F)c1. The molecule has 0 amide bonds. The smallest absolute Gasteiger partial charge is 0.418 e. The van der Waals surface area contributed by atoms with Gasteiger partial charge in [0.1, 0.15) is 12.4 Å². The summed E-state index contributed by atoms with van der Waals surface area (Å²) in [4.78, 5) is 1.88. The number of halogens is 3. The van der Waals surface area contributed by atoms with E-state index in [2.05, 4.69) is 0 Å². The molecule has 0 aliphatic carbocycles. The van der Waals surface area contributed by atoms with Crippen molar-refractivity contribution in [2.45, 2.75) is 6.18 Å². The first kappa shape index (κ1) is 13.6. The summed E-state index contributed by atoms with van der Waals surface area (Å²) in [6, 6.07) is 3.55. The number of hydrogen-bond acceptors (Lipinski definition) is 3. The van der Waals surface area contributed by atoms with E-state index in [9.17, 15) is 13.2 Å². The quantitative estimate of drug-likeness (QED) is 0.830. The lowest BCUT2D eigenvalue weighted by Gasteiger charge is -2.14. The fourth-order valence-corrected chi connectivity index (χ4v) is 1.22. The third-order valence-corrected chi connectivity index (χ3v) is 2.14.